The summed E-state index contributed by atoms with van der Waals surface area (Å²) in [5, 5.41) is 0. The summed E-state index contributed by atoms with van der Waals surface area (Å²) in [6.07, 6.45) is 0. The van der Waals surface area contributed by atoms with Crippen LogP contribution < -0.4 is 10.5 Å². The Balaban J connectivity index is 2.23. The molecule has 0 aromatic heterocycles. The van der Waals surface area contributed by atoms with E-state index >= 15 is 0 Å². The molecule has 0 aliphatic carbocycles. The van der Waals surface area contributed by atoms with Crippen LogP contribution in [0.5, 0.6) is 5.75 Å². The van der Waals surface area contributed by atoms with Crippen LogP contribution in [0.4, 0.5) is 0 Å². The van der Waals surface area contributed by atoms with Crippen LogP contribution in [0.1, 0.15) is 23.6 Å². The zero-order chi connectivity index (χ0) is 18.4. The Kier molecular flexibility index (Phi) is 6.02. The molecule has 0 bridgehead atoms. The highest BCUT2D eigenvalue weighted by atomic mass is 32.2. The summed E-state index contributed by atoms with van der Waals surface area (Å²) in [5.74, 6) is 1.72. The molecule has 0 radical (unpaired) electrons. The Bertz CT molecular complexity index is 761. The number of thioether (sulfide) groups is 1. The smallest absolute Gasteiger partial charge is 0.118 e. The van der Waals surface area contributed by atoms with Crippen LogP contribution in [0, 0.1) is 0 Å². The fourth-order valence-corrected chi connectivity index (χ4v) is 4.60. The third-order valence-corrected chi connectivity index (χ3v) is 6.25. The van der Waals surface area contributed by atoms with Crippen molar-refractivity contribution in [2.24, 2.45) is 5.73 Å². The number of ether oxygens (including phenoxy) is 1. The lowest BCUT2D eigenvalue weighted by Gasteiger charge is -2.36. The molecule has 26 heavy (non-hydrogen) atoms. The minimum Gasteiger partial charge on any atom is -0.497 e. The van der Waals surface area contributed by atoms with E-state index in [2.05, 4.69) is 79.7 Å². The van der Waals surface area contributed by atoms with E-state index in [4.69, 9.17) is 10.5 Å². The number of benzene rings is 3. The van der Waals surface area contributed by atoms with Gasteiger partial charge in [-0.15, -0.1) is 11.8 Å². The van der Waals surface area contributed by atoms with Gasteiger partial charge < -0.3 is 10.5 Å². The predicted octanol–water partition coefficient (Wildman–Crippen LogP) is 5.07. The lowest BCUT2D eigenvalue weighted by Crippen LogP contribution is -2.29. The van der Waals surface area contributed by atoms with E-state index in [-0.39, 0.29) is 10.8 Å². The Hall–Kier alpha value is -2.23. The maximum atomic E-state index is 6.14. The quantitative estimate of drug-likeness (QED) is 0.595. The van der Waals surface area contributed by atoms with Crippen molar-refractivity contribution in [1.82, 2.24) is 0 Å². The fourth-order valence-electron chi connectivity index (χ4n) is 3.18. The summed E-state index contributed by atoms with van der Waals surface area (Å²) in [6.45, 7) is 2.06. The van der Waals surface area contributed by atoms with Gasteiger partial charge in [0.25, 0.3) is 0 Å². The SMILES string of the molecule is COc1ccc(C(SC[C@@H](C)N)(c2ccccc2)c2ccccc2)cc1. The average Bonchev–Trinajstić information content (AvgIpc) is 2.70. The molecule has 3 aromatic carbocycles. The molecule has 1 atom stereocenters. The van der Waals surface area contributed by atoms with E-state index < -0.39 is 0 Å². The van der Waals surface area contributed by atoms with Crippen molar-refractivity contribution in [3.63, 3.8) is 0 Å². The molecule has 134 valence electrons. The minimum atomic E-state index is -0.317. The minimum absolute atomic E-state index is 0.116. The Labute approximate surface area is 160 Å². The summed E-state index contributed by atoms with van der Waals surface area (Å²) in [6, 6.07) is 29.8. The standard InChI is InChI=1S/C23H25NOS/c1-18(24)17-26-23(19-9-5-3-6-10-19,20-11-7-4-8-12-20)21-13-15-22(25-2)16-14-21/h3-16,18H,17,24H2,1-2H3/t18-/m1/s1. The van der Waals surface area contributed by atoms with Gasteiger partial charge in [-0.2, -0.15) is 0 Å². The molecule has 0 aliphatic rings. The maximum absolute atomic E-state index is 6.14. The van der Waals surface area contributed by atoms with Crippen molar-refractivity contribution in [1.29, 1.82) is 0 Å². The molecule has 3 rings (SSSR count). The zero-order valence-corrected chi connectivity index (χ0v) is 16.1. The van der Waals surface area contributed by atoms with Gasteiger partial charge in [-0.25, -0.2) is 0 Å². The first-order chi connectivity index (χ1) is 12.7. The summed E-state index contributed by atoms with van der Waals surface area (Å²) < 4.78 is 5.05. The average molecular weight is 364 g/mol. The Morgan fingerprint density at radius 1 is 0.808 bits per heavy atom. The molecule has 0 saturated heterocycles. The molecular weight excluding hydrogens is 338 g/mol. The topological polar surface area (TPSA) is 35.2 Å². The first-order valence-electron chi connectivity index (χ1n) is 8.82. The number of nitrogens with two attached hydrogens (primary N) is 1. The lowest BCUT2D eigenvalue weighted by molar-refractivity contribution is 0.414. The first-order valence-corrected chi connectivity index (χ1v) is 9.80. The van der Waals surface area contributed by atoms with Crippen LogP contribution in [0.3, 0.4) is 0 Å². The second kappa shape index (κ2) is 8.43. The second-order valence-electron chi connectivity index (χ2n) is 6.43. The first kappa shape index (κ1) is 18.6. The third kappa shape index (κ3) is 3.79. The number of methoxy groups -OCH3 is 1. The third-order valence-electron chi connectivity index (χ3n) is 4.42. The van der Waals surface area contributed by atoms with Gasteiger partial charge in [0, 0.05) is 11.8 Å². The number of hydrogen-bond donors (Lipinski definition) is 1. The van der Waals surface area contributed by atoms with Gasteiger partial charge in [0.1, 0.15) is 5.75 Å². The molecule has 0 saturated carbocycles. The van der Waals surface area contributed by atoms with Crippen LogP contribution in [0.15, 0.2) is 84.9 Å². The normalized spacial score (nSPS) is 12.6. The monoisotopic (exact) mass is 363 g/mol. The molecule has 3 aromatic rings. The molecule has 0 spiro atoms. The van der Waals surface area contributed by atoms with Crippen LogP contribution in [0.2, 0.25) is 0 Å². The van der Waals surface area contributed by atoms with Crippen LogP contribution in [-0.2, 0) is 4.75 Å². The van der Waals surface area contributed by atoms with Crippen LogP contribution in [0.25, 0.3) is 0 Å². The Morgan fingerprint density at radius 2 is 1.27 bits per heavy atom. The highest BCUT2D eigenvalue weighted by Crippen LogP contribution is 2.48. The molecule has 2 N–H and O–H groups in total. The van der Waals surface area contributed by atoms with Crippen molar-refractivity contribution in [2.45, 2.75) is 17.7 Å². The van der Waals surface area contributed by atoms with Gasteiger partial charge in [-0.05, 0) is 35.7 Å². The van der Waals surface area contributed by atoms with E-state index in [1.165, 1.54) is 16.7 Å². The van der Waals surface area contributed by atoms with E-state index in [1.807, 2.05) is 23.9 Å². The van der Waals surface area contributed by atoms with Crippen molar-refractivity contribution >= 4 is 11.8 Å². The molecule has 0 aliphatic heterocycles. The predicted molar refractivity (Wildman–Crippen MR) is 112 cm³/mol. The second-order valence-corrected chi connectivity index (χ2v) is 7.66. The van der Waals surface area contributed by atoms with Crippen molar-refractivity contribution in [3.8, 4) is 5.75 Å². The fraction of sp³-hybridized carbons (Fsp3) is 0.217. The molecule has 0 amide bonds. The molecular formula is C23H25NOS. The van der Waals surface area contributed by atoms with E-state index in [9.17, 15) is 0 Å². The molecule has 0 heterocycles. The summed E-state index contributed by atoms with van der Waals surface area (Å²) in [5.41, 5.74) is 9.87. The van der Waals surface area contributed by atoms with Gasteiger partial charge in [-0.1, -0.05) is 72.8 Å². The van der Waals surface area contributed by atoms with Crippen LogP contribution in [-0.4, -0.2) is 18.9 Å². The largest absolute Gasteiger partial charge is 0.497 e. The van der Waals surface area contributed by atoms with Gasteiger partial charge in [0.2, 0.25) is 0 Å². The van der Waals surface area contributed by atoms with Gasteiger partial charge in [-0.3, -0.25) is 0 Å². The Morgan fingerprint density at radius 3 is 1.69 bits per heavy atom. The van der Waals surface area contributed by atoms with Crippen molar-refractivity contribution in [2.75, 3.05) is 12.9 Å². The molecule has 0 fully saturated rings. The summed E-state index contributed by atoms with van der Waals surface area (Å²) in [4.78, 5) is 0. The zero-order valence-electron chi connectivity index (χ0n) is 15.3. The molecule has 2 nitrogen and oxygen atoms in total. The number of hydrogen-bond acceptors (Lipinski definition) is 3. The maximum Gasteiger partial charge on any atom is 0.118 e. The lowest BCUT2D eigenvalue weighted by atomic mass is 9.84. The van der Waals surface area contributed by atoms with E-state index in [0.29, 0.717) is 0 Å². The van der Waals surface area contributed by atoms with E-state index in [0.717, 1.165) is 11.5 Å². The molecule has 0 unspecified atom stereocenters. The van der Waals surface area contributed by atoms with E-state index in [1.54, 1.807) is 7.11 Å². The highest BCUT2D eigenvalue weighted by molar-refractivity contribution is 8.00. The van der Waals surface area contributed by atoms with Crippen molar-refractivity contribution < 1.29 is 4.74 Å². The van der Waals surface area contributed by atoms with Gasteiger partial charge in [0.05, 0.1) is 11.9 Å². The highest BCUT2D eigenvalue weighted by Gasteiger charge is 2.37. The van der Waals surface area contributed by atoms with Crippen LogP contribution >= 0.6 is 11.8 Å². The number of rotatable bonds is 7. The van der Waals surface area contributed by atoms with Crippen molar-refractivity contribution in [3.05, 3.63) is 102 Å². The van der Waals surface area contributed by atoms with Gasteiger partial charge >= 0.3 is 0 Å². The molecule has 3 heteroatoms. The summed E-state index contributed by atoms with van der Waals surface area (Å²) >= 11 is 1.88. The van der Waals surface area contributed by atoms with Gasteiger partial charge in [0.15, 0.2) is 0 Å². The summed E-state index contributed by atoms with van der Waals surface area (Å²) in [7, 11) is 1.70.